The third kappa shape index (κ3) is 5.58. The van der Waals surface area contributed by atoms with Crippen LogP contribution >= 0.6 is 11.8 Å². The number of hydrogen-bond acceptors (Lipinski definition) is 5. The Morgan fingerprint density at radius 2 is 1.79 bits per heavy atom. The van der Waals surface area contributed by atoms with Gasteiger partial charge in [0.15, 0.2) is 0 Å². The quantitative estimate of drug-likeness (QED) is 0.479. The zero-order chi connectivity index (χ0) is 24.5. The zero-order valence-corrected chi connectivity index (χ0v) is 18.6. The topological polar surface area (TPSA) is 95.6 Å². The lowest BCUT2D eigenvalue weighted by Gasteiger charge is -2.29. The Morgan fingerprint density at radius 1 is 1.09 bits per heavy atom. The molecule has 4 rings (SSSR count). The fourth-order valence-electron chi connectivity index (χ4n) is 4.00. The third-order valence-electron chi connectivity index (χ3n) is 5.60. The minimum absolute atomic E-state index is 0.0175. The lowest BCUT2D eigenvalue weighted by molar-refractivity contribution is -0.137. The van der Waals surface area contributed by atoms with E-state index in [2.05, 4.69) is 10.6 Å². The molecule has 4 amide bonds. The number of amides is 4. The molecule has 2 heterocycles. The summed E-state index contributed by atoms with van der Waals surface area (Å²) in [7, 11) is 0. The molecule has 178 valence electrons. The Balaban J connectivity index is 1.32. The molecule has 7 nitrogen and oxygen atoms in total. The highest BCUT2D eigenvalue weighted by molar-refractivity contribution is 8.00. The zero-order valence-electron chi connectivity index (χ0n) is 17.8. The number of piperidine rings is 1. The number of imide groups is 1. The highest BCUT2D eigenvalue weighted by atomic mass is 32.2. The average Bonchev–Trinajstić information content (AvgIpc) is 3.08. The molecule has 0 spiro atoms. The number of benzene rings is 2. The van der Waals surface area contributed by atoms with Crippen molar-refractivity contribution in [3.8, 4) is 0 Å². The van der Waals surface area contributed by atoms with E-state index < -0.39 is 17.5 Å². The number of alkyl halides is 3. The van der Waals surface area contributed by atoms with E-state index in [1.807, 2.05) is 0 Å². The van der Waals surface area contributed by atoms with Crippen LogP contribution in [0.25, 0.3) is 0 Å². The van der Waals surface area contributed by atoms with E-state index in [1.54, 1.807) is 18.2 Å². The molecule has 0 saturated carbocycles. The molecule has 0 radical (unpaired) electrons. The summed E-state index contributed by atoms with van der Waals surface area (Å²) in [5.41, 5.74) is -1.79. The molecule has 1 unspecified atom stereocenters. The van der Waals surface area contributed by atoms with E-state index in [4.69, 9.17) is 0 Å². The Labute approximate surface area is 197 Å². The first kappa shape index (κ1) is 23.8. The minimum atomic E-state index is -4.36. The highest BCUT2D eigenvalue weighted by Gasteiger charge is 2.39. The molecule has 11 heteroatoms. The van der Waals surface area contributed by atoms with Crippen LogP contribution in [0.4, 0.5) is 13.2 Å². The molecule has 0 bridgehead atoms. The summed E-state index contributed by atoms with van der Waals surface area (Å²) in [5, 5.41) is 5.03. The maximum Gasteiger partial charge on any atom is 0.446 e. The summed E-state index contributed by atoms with van der Waals surface area (Å²) in [6.45, 7) is 0.450. The van der Waals surface area contributed by atoms with Crippen LogP contribution in [0.2, 0.25) is 0 Å². The molecular weight excluding hydrogens is 471 g/mol. The van der Waals surface area contributed by atoms with Gasteiger partial charge < -0.3 is 10.2 Å². The van der Waals surface area contributed by atoms with Crippen LogP contribution in [-0.2, 0) is 33.9 Å². The first-order valence-electron chi connectivity index (χ1n) is 10.5. The average molecular weight is 491 g/mol. The third-order valence-corrected chi connectivity index (χ3v) is 6.34. The lowest BCUT2D eigenvalue weighted by Crippen LogP contribution is -2.52. The van der Waals surface area contributed by atoms with Gasteiger partial charge in [-0.1, -0.05) is 24.3 Å². The van der Waals surface area contributed by atoms with Gasteiger partial charge in [0.1, 0.15) is 6.04 Å². The van der Waals surface area contributed by atoms with Crippen molar-refractivity contribution in [2.75, 3.05) is 0 Å². The van der Waals surface area contributed by atoms with Crippen molar-refractivity contribution in [2.24, 2.45) is 0 Å². The van der Waals surface area contributed by atoms with Gasteiger partial charge in [0.25, 0.3) is 5.91 Å². The molecule has 1 atom stereocenters. The predicted octanol–water partition coefficient (Wildman–Crippen LogP) is 2.92. The predicted molar refractivity (Wildman–Crippen MR) is 116 cm³/mol. The first-order valence-corrected chi connectivity index (χ1v) is 11.3. The number of hydrogen-bond donors (Lipinski definition) is 2. The van der Waals surface area contributed by atoms with Gasteiger partial charge in [-0.3, -0.25) is 24.5 Å². The molecule has 1 saturated heterocycles. The number of rotatable bonds is 6. The van der Waals surface area contributed by atoms with Gasteiger partial charge in [0.2, 0.25) is 17.7 Å². The summed E-state index contributed by atoms with van der Waals surface area (Å²) < 4.78 is 37.2. The number of nitrogens with zero attached hydrogens (tertiary/aromatic N) is 1. The lowest BCUT2D eigenvalue weighted by atomic mass is 10.0. The second kappa shape index (κ2) is 9.49. The van der Waals surface area contributed by atoms with Crippen LogP contribution in [0.15, 0.2) is 47.4 Å². The molecule has 0 aliphatic carbocycles. The standard InChI is InChI=1S/C23H20F3N3O4S/c24-23(25,26)34-16-4-1-13(2-5-16)10-20(31)27-11-14-3-6-17-15(9-14)12-29(22(17)33)18-7-8-19(30)28-21(18)32/h1-6,9,18H,7-8,10-12H2,(H,27,31)(H,28,30,32). The fourth-order valence-corrected chi connectivity index (χ4v) is 4.53. The van der Waals surface area contributed by atoms with Gasteiger partial charge in [-0.25, -0.2) is 0 Å². The summed E-state index contributed by atoms with van der Waals surface area (Å²) in [6, 6.07) is 10.1. The Kier molecular flexibility index (Phi) is 6.65. The van der Waals surface area contributed by atoms with Crippen molar-refractivity contribution >= 4 is 35.4 Å². The van der Waals surface area contributed by atoms with Crippen LogP contribution in [0.5, 0.6) is 0 Å². The number of halogens is 3. The van der Waals surface area contributed by atoms with Gasteiger partial charge >= 0.3 is 5.51 Å². The summed E-state index contributed by atoms with van der Waals surface area (Å²) >= 11 is -0.210. The van der Waals surface area contributed by atoms with Gasteiger partial charge in [-0.2, -0.15) is 13.2 Å². The molecule has 2 aliphatic heterocycles. The van der Waals surface area contributed by atoms with Crippen LogP contribution in [-0.4, -0.2) is 40.1 Å². The smallest absolute Gasteiger partial charge is 0.352 e. The molecule has 2 aromatic rings. The Hall–Kier alpha value is -3.34. The molecular formula is C23H20F3N3O4S. The molecule has 34 heavy (non-hydrogen) atoms. The van der Waals surface area contributed by atoms with Crippen LogP contribution < -0.4 is 10.6 Å². The molecule has 0 aromatic heterocycles. The maximum absolute atomic E-state index is 12.7. The van der Waals surface area contributed by atoms with Gasteiger partial charge in [-0.15, -0.1) is 0 Å². The van der Waals surface area contributed by atoms with Crippen molar-refractivity contribution in [3.63, 3.8) is 0 Å². The van der Waals surface area contributed by atoms with Gasteiger partial charge in [-0.05, 0) is 53.1 Å². The maximum atomic E-state index is 12.7. The Bertz CT molecular complexity index is 1150. The number of carbonyl (C=O) groups is 4. The molecule has 2 aliphatic rings. The summed E-state index contributed by atoms with van der Waals surface area (Å²) in [5.74, 6) is -1.39. The number of thioether (sulfide) groups is 1. The molecule has 2 N–H and O–H groups in total. The summed E-state index contributed by atoms with van der Waals surface area (Å²) in [4.78, 5) is 50.0. The van der Waals surface area contributed by atoms with Gasteiger partial charge in [0.05, 0.1) is 6.42 Å². The van der Waals surface area contributed by atoms with Crippen LogP contribution in [0.3, 0.4) is 0 Å². The minimum Gasteiger partial charge on any atom is -0.352 e. The van der Waals surface area contributed by atoms with Crippen molar-refractivity contribution < 1.29 is 32.3 Å². The number of nitrogens with one attached hydrogen (secondary N) is 2. The van der Waals surface area contributed by atoms with E-state index in [9.17, 15) is 32.3 Å². The summed E-state index contributed by atoms with van der Waals surface area (Å²) in [6.07, 6.45) is 0.477. The normalized spacial score (nSPS) is 18.0. The van der Waals surface area contributed by atoms with Crippen molar-refractivity contribution in [2.45, 2.75) is 48.8 Å². The van der Waals surface area contributed by atoms with Crippen LogP contribution in [0.1, 0.15) is 39.9 Å². The van der Waals surface area contributed by atoms with Crippen molar-refractivity contribution in [3.05, 3.63) is 64.7 Å². The van der Waals surface area contributed by atoms with E-state index in [0.29, 0.717) is 11.1 Å². The SMILES string of the molecule is O=C(Cc1ccc(SC(F)(F)F)cc1)NCc1ccc2c(c1)CN(C1CCC(=O)NC1=O)C2=O. The fraction of sp³-hybridized carbons (Fsp3) is 0.304. The second-order valence-electron chi connectivity index (χ2n) is 8.04. The Morgan fingerprint density at radius 3 is 2.47 bits per heavy atom. The molecule has 1 fully saturated rings. The molecule has 2 aromatic carbocycles. The van der Waals surface area contributed by atoms with E-state index in [-0.39, 0.29) is 66.7 Å². The first-order chi connectivity index (χ1) is 16.1. The van der Waals surface area contributed by atoms with Crippen molar-refractivity contribution in [1.29, 1.82) is 0 Å². The van der Waals surface area contributed by atoms with E-state index in [1.165, 1.54) is 29.2 Å². The van der Waals surface area contributed by atoms with Crippen molar-refractivity contribution in [1.82, 2.24) is 15.5 Å². The largest absolute Gasteiger partial charge is 0.446 e. The van der Waals surface area contributed by atoms with E-state index in [0.717, 1.165) is 11.1 Å². The number of carbonyl (C=O) groups excluding carboxylic acids is 4. The second-order valence-corrected chi connectivity index (χ2v) is 9.18. The highest BCUT2D eigenvalue weighted by Crippen LogP contribution is 2.36. The van der Waals surface area contributed by atoms with Crippen LogP contribution in [0, 0.1) is 0 Å². The number of fused-ring (bicyclic) bond motifs is 1. The monoisotopic (exact) mass is 491 g/mol. The van der Waals surface area contributed by atoms with E-state index >= 15 is 0 Å². The van der Waals surface area contributed by atoms with Gasteiger partial charge in [0, 0.05) is 30.0 Å².